The highest BCUT2D eigenvalue weighted by Crippen LogP contribution is 2.14. The van der Waals surface area contributed by atoms with Crippen LogP contribution in [0.5, 0.6) is 0 Å². The highest BCUT2D eigenvalue weighted by atomic mass is 32.2. The number of hydrogen-bond donors (Lipinski definition) is 2. The van der Waals surface area contributed by atoms with Crippen molar-refractivity contribution in [3.8, 4) is 0 Å². The molecule has 0 heterocycles. The lowest BCUT2D eigenvalue weighted by molar-refractivity contribution is -0.114. The van der Waals surface area contributed by atoms with E-state index >= 15 is 0 Å². The van der Waals surface area contributed by atoms with Crippen molar-refractivity contribution in [3.05, 3.63) is 59.7 Å². The van der Waals surface area contributed by atoms with Crippen molar-refractivity contribution in [3.63, 3.8) is 0 Å². The summed E-state index contributed by atoms with van der Waals surface area (Å²) in [6, 6.07) is 12.3. The van der Waals surface area contributed by atoms with Gasteiger partial charge in [-0.2, -0.15) is 0 Å². The molecule has 24 heavy (non-hydrogen) atoms. The molecule has 0 spiro atoms. The van der Waals surface area contributed by atoms with Crippen LogP contribution < -0.4 is 10.0 Å². The van der Waals surface area contributed by atoms with Gasteiger partial charge in [-0.25, -0.2) is 13.1 Å². The number of anilines is 1. The van der Waals surface area contributed by atoms with Gasteiger partial charge in [0.05, 0.1) is 4.90 Å². The van der Waals surface area contributed by atoms with Crippen molar-refractivity contribution in [2.24, 2.45) is 0 Å². The quantitative estimate of drug-likeness (QED) is 0.869. The smallest absolute Gasteiger partial charge is 0.264 e. The predicted octanol–water partition coefficient (Wildman–Crippen LogP) is 2.33. The molecule has 2 N–H and O–H groups in total. The van der Waals surface area contributed by atoms with Gasteiger partial charge in [-0.1, -0.05) is 19.1 Å². The minimum atomic E-state index is -3.98. The van der Waals surface area contributed by atoms with E-state index in [9.17, 15) is 18.0 Å². The Balaban J connectivity index is 2.14. The molecule has 0 aliphatic heterocycles. The molecular formula is C17H18N2O4S. The second-order valence-corrected chi connectivity index (χ2v) is 6.87. The molecule has 6 nitrogen and oxygen atoms in total. The number of hydrogen-bond acceptors (Lipinski definition) is 4. The summed E-state index contributed by atoms with van der Waals surface area (Å²) in [7, 11) is -3.98. The average molecular weight is 346 g/mol. The van der Waals surface area contributed by atoms with E-state index < -0.39 is 15.9 Å². The summed E-state index contributed by atoms with van der Waals surface area (Å²) in [6.45, 7) is 3.35. The Morgan fingerprint density at radius 3 is 2.04 bits per heavy atom. The molecule has 0 saturated heterocycles. The minimum absolute atomic E-state index is 0.0601. The van der Waals surface area contributed by atoms with E-state index in [1.807, 2.05) is 11.6 Å². The van der Waals surface area contributed by atoms with Crippen LogP contribution in [0.2, 0.25) is 0 Å². The molecule has 0 radical (unpaired) electrons. The van der Waals surface area contributed by atoms with Crippen LogP contribution in [-0.2, 0) is 21.2 Å². The zero-order valence-electron chi connectivity index (χ0n) is 13.4. The first-order valence-corrected chi connectivity index (χ1v) is 8.84. The summed E-state index contributed by atoms with van der Waals surface area (Å²) in [5, 5.41) is 2.54. The molecule has 0 saturated carbocycles. The van der Waals surface area contributed by atoms with Gasteiger partial charge < -0.3 is 5.32 Å². The zero-order chi connectivity index (χ0) is 17.7. The molecule has 2 rings (SSSR count). The molecule has 2 aromatic rings. The molecule has 0 fully saturated rings. The summed E-state index contributed by atoms with van der Waals surface area (Å²) < 4.78 is 26.5. The van der Waals surface area contributed by atoms with E-state index in [4.69, 9.17) is 0 Å². The summed E-state index contributed by atoms with van der Waals surface area (Å²) in [5.41, 5.74) is 1.80. The molecule has 126 valence electrons. The average Bonchev–Trinajstić information content (AvgIpc) is 2.54. The predicted molar refractivity (Wildman–Crippen MR) is 91.2 cm³/mol. The molecule has 0 atom stereocenters. The summed E-state index contributed by atoms with van der Waals surface area (Å²) in [6.07, 6.45) is 0.834. The van der Waals surface area contributed by atoms with Gasteiger partial charge in [0.25, 0.3) is 15.9 Å². The van der Waals surface area contributed by atoms with Gasteiger partial charge in [-0.15, -0.1) is 0 Å². The number of rotatable bonds is 5. The van der Waals surface area contributed by atoms with E-state index in [1.165, 1.54) is 31.2 Å². The van der Waals surface area contributed by atoms with Crippen molar-refractivity contribution < 1.29 is 18.0 Å². The van der Waals surface area contributed by atoms with Gasteiger partial charge in [0.15, 0.2) is 0 Å². The van der Waals surface area contributed by atoms with Gasteiger partial charge in [-0.3, -0.25) is 9.59 Å². The Morgan fingerprint density at radius 2 is 1.54 bits per heavy atom. The molecule has 0 unspecified atom stereocenters. The molecule has 0 aliphatic rings. The van der Waals surface area contributed by atoms with Gasteiger partial charge in [0.1, 0.15) is 0 Å². The Labute approximate surface area is 140 Å². The Hall–Kier alpha value is -2.67. The largest absolute Gasteiger partial charge is 0.326 e. The Bertz CT molecular complexity index is 841. The first-order chi connectivity index (χ1) is 11.3. The molecule has 2 amide bonds. The second kappa shape index (κ2) is 7.27. The fourth-order valence-corrected chi connectivity index (χ4v) is 3.03. The highest BCUT2D eigenvalue weighted by Gasteiger charge is 2.18. The summed E-state index contributed by atoms with van der Waals surface area (Å²) in [5.74, 6) is -0.946. The third kappa shape index (κ3) is 4.42. The number of sulfonamides is 1. The van der Waals surface area contributed by atoms with Crippen LogP contribution in [0.15, 0.2) is 53.4 Å². The van der Waals surface area contributed by atoms with Crippen LogP contribution >= 0.6 is 0 Å². The number of nitrogens with one attached hydrogen (secondary N) is 2. The molecule has 0 aliphatic carbocycles. The van der Waals surface area contributed by atoms with Gasteiger partial charge in [-0.05, 0) is 48.4 Å². The van der Waals surface area contributed by atoms with E-state index in [0.717, 1.165) is 12.0 Å². The molecule has 0 aromatic heterocycles. The van der Waals surface area contributed by atoms with Crippen molar-refractivity contribution in [1.82, 2.24) is 4.72 Å². The monoisotopic (exact) mass is 346 g/mol. The number of carbonyl (C=O) groups is 2. The number of aryl methyl sites for hydroxylation is 1. The first kappa shape index (κ1) is 17.7. The van der Waals surface area contributed by atoms with Crippen molar-refractivity contribution in [1.29, 1.82) is 0 Å². The van der Waals surface area contributed by atoms with Crippen LogP contribution in [0.1, 0.15) is 29.8 Å². The fourth-order valence-electron chi connectivity index (χ4n) is 2.05. The normalized spacial score (nSPS) is 10.9. The summed E-state index contributed by atoms with van der Waals surface area (Å²) >= 11 is 0. The zero-order valence-corrected chi connectivity index (χ0v) is 14.2. The van der Waals surface area contributed by atoms with E-state index in [-0.39, 0.29) is 16.4 Å². The number of carbonyl (C=O) groups excluding carboxylic acids is 2. The maximum Gasteiger partial charge on any atom is 0.264 e. The lowest BCUT2D eigenvalue weighted by Crippen LogP contribution is -2.30. The highest BCUT2D eigenvalue weighted by molar-refractivity contribution is 7.90. The molecular weight excluding hydrogens is 328 g/mol. The molecule has 0 bridgehead atoms. The first-order valence-electron chi connectivity index (χ1n) is 7.35. The second-order valence-electron chi connectivity index (χ2n) is 5.19. The number of benzene rings is 2. The number of amides is 2. The Kier molecular flexibility index (Phi) is 5.35. The van der Waals surface area contributed by atoms with Gasteiger partial charge >= 0.3 is 0 Å². The maximum absolute atomic E-state index is 12.3. The van der Waals surface area contributed by atoms with E-state index in [1.54, 1.807) is 24.3 Å². The SMILES string of the molecule is CCc1ccc(C(=O)NS(=O)(=O)c2ccc(NC(C)=O)cc2)cc1. The van der Waals surface area contributed by atoms with Crippen molar-refractivity contribution in [2.75, 3.05) is 5.32 Å². The standard InChI is InChI=1S/C17H18N2O4S/c1-3-13-4-6-14(7-5-13)17(21)19-24(22,23)16-10-8-15(9-11-16)18-12(2)20/h4-11H,3H2,1-2H3,(H,18,20)(H,19,21). The summed E-state index contributed by atoms with van der Waals surface area (Å²) in [4.78, 5) is 23.0. The lowest BCUT2D eigenvalue weighted by Gasteiger charge is -2.08. The van der Waals surface area contributed by atoms with Crippen LogP contribution in [0.3, 0.4) is 0 Å². The van der Waals surface area contributed by atoms with Crippen LogP contribution in [0, 0.1) is 0 Å². The third-order valence-electron chi connectivity index (χ3n) is 3.34. The maximum atomic E-state index is 12.3. The van der Waals surface area contributed by atoms with Crippen LogP contribution in [0.25, 0.3) is 0 Å². The Morgan fingerprint density at radius 1 is 0.958 bits per heavy atom. The molecule has 7 heteroatoms. The van der Waals surface area contributed by atoms with Crippen LogP contribution in [0.4, 0.5) is 5.69 Å². The minimum Gasteiger partial charge on any atom is -0.326 e. The fraction of sp³-hybridized carbons (Fsp3) is 0.176. The van der Waals surface area contributed by atoms with Crippen LogP contribution in [-0.4, -0.2) is 20.2 Å². The van der Waals surface area contributed by atoms with E-state index in [0.29, 0.717) is 5.69 Å². The van der Waals surface area contributed by atoms with Crippen molar-refractivity contribution in [2.45, 2.75) is 25.2 Å². The third-order valence-corrected chi connectivity index (χ3v) is 4.68. The lowest BCUT2D eigenvalue weighted by atomic mass is 10.1. The topological polar surface area (TPSA) is 92.3 Å². The van der Waals surface area contributed by atoms with Gasteiger partial charge in [0, 0.05) is 18.2 Å². The molecule has 2 aromatic carbocycles. The van der Waals surface area contributed by atoms with Crippen molar-refractivity contribution >= 4 is 27.5 Å². The van der Waals surface area contributed by atoms with E-state index in [2.05, 4.69) is 5.32 Å². The van der Waals surface area contributed by atoms with Gasteiger partial charge in [0.2, 0.25) is 5.91 Å².